The Hall–Kier alpha value is -2.47. The number of carbonyl (C=O) groups is 3. The summed E-state index contributed by atoms with van der Waals surface area (Å²) in [6, 6.07) is 9.91. The lowest BCUT2D eigenvalue weighted by molar-refractivity contribution is -0.128. The molecule has 1 heterocycles. The second-order valence-electron chi connectivity index (χ2n) is 4.79. The van der Waals surface area contributed by atoms with Crippen LogP contribution in [0.25, 0.3) is 0 Å². The molecule has 1 atom stereocenters. The number of ketones is 1. The lowest BCUT2D eigenvalue weighted by atomic mass is 10.0. The van der Waals surface area contributed by atoms with Gasteiger partial charge < -0.3 is 10.1 Å². The summed E-state index contributed by atoms with van der Waals surface area (Å²) in [5, 5.41) is 4.38. The molecule has 0 unspecified atom stereocenters. The molecule has 0 bridgehead atoms. The van der Waals surface area contributed by atoms with Crippen molar-refractivity contribution in [3.8, 4) is 0 Å². The SMILES string of the molecule is CCNC(=O)[C@@H](C)OC(=O)c1ccccc1C(=O)c1cccs1. The number of nitrogens with one attached hydrogen (secondary N) is 1. The second kappa shape index (κ2) is 7.69. The third-order valence-corrected chi connectivity index (χ3v) is 4.01. The number of hydrogen-bond donors (Lipinski definition) is 1. The van der Waals surface area contributed by atoms with Crippen molar-refractivity contribution in [2.24, 2.45) is 0 Å². The number of likely N-dealkylation sites (N-methyl/N-ethyl adjacent to an activating group) is 1. The smallest absolute Gasteiger partial charge is 0.339 e. The number of ether oxygens (including phenoxy) is 1. The molecule has 0 radical (unpaired) electrons. The first-order valence-electron chi connectivity index (χ1n) is 7.20. The molecular formula is C17H17NO4S. The average Bonchev–Trinajstić information content (AvgIpc) is 3.08. The van der Waals surface area contributed by atoms with E-state index in [-0.39, 0.29) is 22.8 Å². The Morgan fingerprint density at radius 1 is 1.13 bits per heavy atom. The van der Waals surface area contributed by atoms with Gasteiger partial charge in [0.05, 0.1) is 10.4 Å². The van der Waals surface area contributed by atoms with Crippen molar-refractivity contribution in [1.29, 1.82) is 0 Å². The summed E-state index contributed by atoms with van der Waals surface area (Å²) in [6.45, 7) is 3.72. The van der Waals surface area contributed by atoms with Gasteiger partial charge in [-0.15, -0.1) is 11.3 Å². The van der Waals surface area contributed by atoms with Crippen LogP contribution in [0.5, 0.6) is 0 Å². The summed E-state index contributed by atoms with van der Waals surface area (Å²) >= 11 is 1.31. The van der Waals surface area contributed by atoms with Gasteiger partial charge in [0.1, 0.15) is 0 Å². The normalized spacial score (nSPS) is 11.6. The summed E-state index contributed by atoms with van der Waals surface area (Å²) in [4.78, 5) is 37.0. The minimum Gasteiger partial charge on any atom is -0.449 e. The first-order chi connectivity index (χ1) is 11.0. The molecule has 5 nitrogen and oxygen atoms in total. The van der Waals surface area contributed by atoms with Gasteiger partial charge in [-0.3, -0.25) is 9.59 Å². The lowest BCUT2D eigenvalue weighted by Crippen LogP contribution is -2.35. The maximum atomic E-state index is 12.5. The molecule has 0 spiro atoms. The minimum atomic E-state index is -0.924. The predicted octanol–water partition coefficient (Wildman–Crippen LogP) is 2.66. The Kier molecular flexibility index (Phi) is 5.65. The summed E-state index contributed by atoms with van der Waals surface area (Å²) in [5.41, 5.74) is 0.421. The summed E-state index contributed by atoms with van der Waals surface area (Å²) < 4.78 is 5.16. The van der Waals surface area contributed by atoms with Gasteiger partial charge in [0, 0.05) is 12.1 Å². The third-order valence-electron chi connectivity index (χ3n) is 3.14. The Morgan fingerprint density at radius 2 is 1.83 bits per heavy atom. The Bertz CT molecular complexity index is 709. The molecule has 0 aliphatic rings. The van der Waals surface area contributed by atoms with E-state index < -0.39 is 12.1 Å². The van der Waals surface area contributed by atoms with Crippen LogP contribution in [0.15, 0.2) is 41.8 Å². The van der Waals surface area contributed by atoms with Crippen LogP contribution >= 0.6 is 11.3 Å². The van der Waals surface area contributed by atoms with Crippen LogP contribution in [0.4, 0.5) is 0 Å². The molecule has 1 N–H and O–H groups in total. The van der Waals surface area contributed by atoms with E-state index in [0.717, 1.165) is 0 Å². The molecule has 0 aliphatic carbocycles. The zero-order valence-electron chi connectivity index (χ0n) is 12.9. The summed E-state index contributed by atoms with van der Waals surface area (Å²) in [7, 11) is 0. The largest absolute Gasteiger partial charge is 0.449 e. The van der Waals surface area contributed by atoms with E-state index >= 15 is 0 Å². The van der Waals surface area contributed by atoms with E-state index in [2.05, 4.69) is 5.32 Å². The first-order valence-corrected chi connectivity index (χ1v) is 8.08. The number of benzene rings is 1. The predicted molar refractivity (Wildman–Crippen MR) is 87.8 cm³/mol. The van der Waals surface area contributed by atoms with Crippen molar-refractivity contribution in [3.05, 3.63) is 57.8 Å². The second-order valence-corrected chi connectivity index (χ2v) is 5.74. The van der Waals surface area contributed by atoms with Gasteiger partial charge in [-0.1, -0.05) is 24.3 Å². The molecule has 0 saturated heterocycles. The number of thiophene rings is 1. The van der Waals surface area contributed by atoms with Gasteiger partial charge in [-0.05, 0) is 31.4 Å². The van der Waals surface area contributed by atoms with E-state index in [1.54, 1.807) is 42.6 Å². The van der Waals surface area contributed by atoms with Crippen LogP contribution < -0.4 is 5.32 Å². The molecule has 2 aromatic rings. The van der Waals surface area contributed by atoms with Crippen molar-refractivity contribution in [2.75, 3.05) is 6.54 Å². The topological polar surface area (TPSA) is 72.5 Å². The molecular weight excluding hydrogens is 314 g/mol. The molecule has 6 heteroatoms. The van der Waals surface area contributed by atoms with E-state index in [1.807, 2.05) is 0 Å². The van der Waals surface area contributed by atoms with Crippen LogP contribution in [-0.2, 0) is 9.53 Å². The lowest BCUT2D eigenvalue weighted by Gasteiger charge is -2.14. The standard InChI is InChI=1S/C17H17NO4S/c1-3-18-16(20)11(2)22-17(21)13-8-5-4-7-12(13)15(19)14-9-6-10-23-14/h4-11H,3H2,1-2H3,(H,18,20)/t11-/m1/s1. The van der Waals surface area contributed by atoms with Crippen molar-refractivity contribution in [3.63, 3.8) is 0 Å². The van der Waals surface area contributed by atoms with Crippen LogP contribution in [0, 0.1) is 0 Å². The van der Waals surface area contributed by atoms with E-state index in [1.165, 1.54) is 24.3 Å². The molecule has 2 rings (SSSR count). The molecule has 0 saturated carbocycles. The molecule has 0 fully saturated rings. The minimum absolute atomic E-state index is 0.155. The molecule has 0 aliphatic heterocycles. The van der Waals surface area contributed by atoms with Crippen molar-refractivity contribution < 1.29 is 19.1 Å². The highest BCUT2D eigenvalue weighted by Gasteiger charge is 2.23. The maximum absolute atomic E-state index is 12.5. The number of hydrogen-bond acceptors (Lipinski definition) is 5. The van der Waals surface area contributed by atoms with Crippen LogP contribution in [0.1, 0.15) is 39.4 Å². The highest BCUT2D eigenvalue weighted by molar-refractivity contribution is 7.12. The van der Waals surface area contributed by atoms with Gasteiger partial charge in [-0.2, -0.15) is 0 Å². The summed E-state index contributed by atoms with van der Waals surface area (Å²) in [6.07, 6.45) is -0.924. The fourth-order valence-corrected chi connectivity index (χ4v) is 2.67. The van der Waals surface area contributed by atoms with Crippen LogP contribution in [0.2, 0.25) is 0 Å². The molecule has 1 amide bonds. The van der Waals surface area contributed by atoms with Gasteiger partial charge in [0.25, 0.3) is 5.91 Å². The number of rotatable bonds is 6. The number of carbonyl (C=O) groups excluding carboxylic acids is 3. The first kappa shape index (κ1) is 16.9. The van der Waals surface area contributed by atoms with Crippen LogP contribution in [0.3, 0.4) is 0 Å². The van der Waals surface area contributed by atoms with Gasteiger partial charge in [-0.25, -0.2) is 4.79 Å². The van der Waals surface area contributed by atoms with Crippen molar-refractivity contribution in [1.82, 2.24) is 5.32 Å². The molecule has 120 valence electrons. The van der Waals surface area contributed by atoms with Crippen molar-refractivity contribution >= 4 is 29.0 Å². The highest BCUT2D eigenvalue weighted by Crippen LogP contribution is 2.19. The number of amides is 1. The molecule has 23 heavy (non-hydrogen) atoms. The van der Waals surface area contributed by atoms with E-state index in [0.29, 0.717) is 11.4 Å². The average molecular weight is 331 g/mol. The molecule has 1 aromatic heterocycles. The monoisotopic (exact) mass is 331 g/mol. The van der Waals surface area contributed by atoms with Gasteiger partial charge >= 0.3 is 5.97 Å². The fourth-order valence-electron chi connectivity index (χ4n) is 2.00. The zero-order valence-corrected chi connectivity index (χ0v) is 13.7. The highest BCUT2D eigenvalue weighted by atomic mass is 32.1. The van der Waals surface area contributed by atoms with Gasteiger partial charge in [0.15, 0.2) is 6.10 Å². The Balaban J connectivity index is 2.21. The third kappa shape index (κ3) is 4.04. The van der Waals surface area contributed by atoms with Crippen LogP contribution in [-0.4, -0.2) is 30.3 Å². The fraction of sp³-hybridized carbons (Fsp3) is 0.235. The zero-order chi connectivity index (χ0) is 16.8. The van der Waals surface area contributed by atoms with E-state index in [9.17, 15) is 14.4 Å². The summed E-state index contributed by atoms with van der Waals surface area (Å²) in [5.74, 6) is -1.30. The molecule has 1 aromatic carbocycles. The quantitative estimate of drug-likeness (QED) is 0.652. The van der Waals surface area contributed by atoms with Crippen molar-refractivity contribution in [2.45, 2.75) is 20.0 Å². The maximum Gasteiger partial charge on any atom is 0.339 e. The Morgan fingerprint density at radius 3 is 2.43 bits per heavy atom. The van der Waals surface area contributed by atoms with E-state index in [4.69, 9.17) is 4.74 Å². The van der Waals surface area contributed by atoms with Gasteiger partial charge in [0.2, 0.25) is 5.78 Å². The Labute approximate surface area is 138 Å². The number of esters is 1.